The monoisotopic (exact) mass is 265 g/mol. The summed E-state index contributed by atoms with van der Waals surface area (Å²) in [6.45, 7) is 5.48. The normalized spacial score (nSPS) is 20.6. The van der Waals surface area contributed by atoms with E-state index in [2.05, 4.69) is 27.1 Å². The molecule has 0 saturated carbocycles. The van der Waals surface area contributed by atoms with E-state index in [1.165, 1.54) is 13.0 Å². The maximum atomic E-state index is 5.65. The predicted molar refractivity (Wildman–Crippen MR) is 76.7 cm³/mol. The van der Waals surface area contributed by atoms with Gasteiger partial charge in [-0.3, -0.25) is 0 Å². The molecule has 2 heterocycles. The van der Waals surface area contributed by atoms with E-state index in [-0.39, 0.29) is 4.99 Å². The number of nitrogens with one attached hydrogen (secondary N) is 1. The van der Waals surface area contributed by atoms with Crippen molar-refractivity contribution in [2.45, 2.75) is 25.8 Å². The summed E-state index contributed by atoms with van der Waals surface area (Å²) in [6.07, 6.45) is 5.61. The molecule has 0 spiro atoms. The number of anilines is 1. The van der Waals surface area contributed by atoms with Crippen LogP contribution in [0.2, 0.25) is 0 Å². The van der Waals surface area contributed by atoms with Crippen LogP contribution in [-0.2, 0) is 0 Å². The Balaban J connectivity index is 2.07. The van der Waals surface area contributed by atoms with Gasteiger partial charge < -0.3 is 16.0 Å². The molecule has 0 radical (unpaired) electrons. The third kappa shape index (κ3) is 3.14. The minimum atomic E-state index is 0.286. The van der Waals surface area contributed by atoms with Crippen molar-refractivity contribution in [3.63, 3.8) is 0 Å². The highest BCUT2D eigenvalue weighted by atomic mass is 32.1. The first-order valence-corrected chi connectivity index (χ1v) is 6.71. The molecule has 1 aromatic rings. The highest BCUT2D eigenvalue weighted by Gasteiger charge is 2.20. The fourth-order valence-corrected chi connectivity index (χ4v) is 2.43. The lowest BCUT2D eigenvalue weighted by molar-refractivity contribution is 0.226. The molecule has 0 bridgehead atoms. The standard InChI is InChI=1S/C12H19N5S/c1-2-17-7-3-4-9(8-17)16-12-10(11(13)18)14-5-6-15-12/h5-6,9H,2-4,7-8H2,1H3,(H2,13,18)(H,15,16). The quantitative estimate of drug-likeness (QED) is 0.792. The summed E-state index contributed by atoms with van der Waals surface area (Å²) in [4.78, 5) is 11.2. The molecule has 1 aliphatic heterocycles. The second-order valence-corrected chi connectivity index (χ2v) is 4.93. The summed E-state index contributed by atoms with van der Waals surface area (Å²) >= 11 is 4.99. The van der Waals surface area contributed by atoms with Crippen molar-refractivity contribution in [1.82, 2.24) is 14.9 Å². The summed E-state index contributed by atoms with van der Waals surface area (Å²) in [5.74, 6) is 0.702. The molecular formula is C12H19N5S. The Hall–Kier alpha value is -1.27. The van der Waals surface area contributed by atoms with E-state index in [9.17, 15) is 0 Å². The Labute approximate surface area is 113 Å². The zero-order valence-corrected chi connectivity index (χ0v) is 11.4. The van der Waals surface area contributed by atoms with Crippen LogP contribution in [0.1, 0.15) is 25.5 Å². The topological polar surface area (TPSA) is 67.1 Å². The summed E-state index contributed by atoms with van der Waals surface area (Å²) in [5, 5.41) is 3.41. The van der Waals surface area contributed by atoms with Crippen LogP contribution in [-0.4, -0.2) is 45.5 Å². The van der Waals surface area contributed by atoms with Gasteiger partial charge in [0.25, 0.3) is 0 Å². The molecule has 1 saturated heterocycles. The SMILES string of the molecule is CCN1CCCC(Nc2nccnc2C(N)=S)C1. The van der Waals surface area contributed by atoms with Gasteiger partial charge in [-0.25, -0.2) is 9.97 Å². The Bertz CT molecular complexity index is 423. The van der Waals surface area contributed by atoms with Crippen LogP contribution in [0.25, 0.3) is 0 Å². The number of rotatable bonds is 4. The Morgan fingerprint density at radius 3 is 3.06 bits per heavy atom. The third-order valence-electron chi connectivity index (χ3n) is 3.23. The minimum Gasteiger partial charge on any atom is -0.388 e. The minimum absolute atomic E-state index is 0.286. The van der Waals surface area contributed by atoms with E-state index in [1.54, 1.807) is 12.4 Å². The largest absolute Gasteiger partial charge is 0.388 e. The maximum absolute atomic E-state index is 5.65. The first kappa shape index (κ1) is 13.2. The van der Waals surface area contributed by atoms with Crippen LogP contribution in [0, 0.1) is 0 Å². The van der Waals surface area contributed by atoms with Gasteiger partial charge in [0.05, 0.1) is 0 Å². The van der Waals surface area contributed by atoms with Crippen molar-refractivity contribution in [2.75, 3.05) is 25.0 Å². The number of aromatic nitrogens is 2. The van der Waals surface area contributed by atoms with Gasteiger partial charge in [0.1, 0.15) is 10.7 Å². The molecule has 1 aliphatic rings. The smallest absolute Gasteiger partial charge is 0.155 e. The molecular weight excluding hydrogens is 246 g/mol. The summed E-state index contributed by atoms with van der Waals surface area (Å²) < 4.78 is 0. The Morgan fingerprint density at radius 1 is 1.56 bits per heavy atom. The van der Waals surface area contributed by atoms with Crippen LogP contribution < -0.4 is 11.1 Å². The lowest BCUT2D eigenvalue weighted by Crippen LogP contribution is -2.42. The molecule has 0 aliphatic carbocycles. The highest BCUT2D eigenvalue weighted by molar-refractivity contribution is 7.80. The van der Waals surface area contributed by atoms with Crippen molar-refractivity contribution in [2.24, 2.45) is 5.73 Å². The van der Waals surface area contributed by atoms with Crippen molar-refractivity contribution in [1.29, 1.82) is 0 Å². The van der Waals surface area contributed by atoms with Crippen molar-refractivity contribution >= 4 is 23.0 Å². The van der Waals surface area contributed by atoms with Gasteiger partial charge in [0, 0.05) is 25.0 Å². The second kappa shape index (κ2) is 6.06. The molecule has 2 rings (SSSR count). The number of likely N-dealkylation sites (N-methyl/N-ethyl adjacent to an activating group) is 1. The number of likely N-dealkylation sites (tertiary alicyclic amines) is 1. The fraction of sp³-hybridized carbons (Fsp3) is 0.583. The zero-order valence-electron chi connectivity index (χ0n) is 10.6. The summed E-state index contributed by atoms with van der Waals surface area (Å²) in [6, 6.07) is 0.392. The average Bonchev–Trinajstić information content (AvgIpc) is 2.39. The molecule has 98 valence electrons. The number of hydrogen-bond acceptors (Lipinski definition) is 5. The number of thiocarbonyl (C=S) groups is 1. The van der Waals surface area contributed by atoms with Gasteiger partial charge in [0.2, 0.25) is 0 Å². The van der Waals surface area contributed by atoms with Gasteiger partial charge in [-0.05, 0) is 25.9 Å². The lowest BCUT2D eigenvalue weighted by atomic mass is 10.1. The number of nitrogens with zero attached hydrogens (tertiary/aromatic N) is 3. The molecule has 6 heteroatoms. The van der Waals surface area contributed by atoms with E-state index < -0.39 is 0 Å². The number of nitrogens with two attached hydrogens (primary N) is 1. The van der Waals surface area contributed by atoms with Crippen molar-refractivity contribution in [3.8, 4) is 0 Å². The summed E-state index contributed by atoms with van der Waals surface area (Å²) in [5.41, 5.74) is 6.24. The molecule has 18 heavy (non-hydrogen) atoms. The molecule has 3 N–H and O–H groups in total. The van der Waals surface area contributed by atoms with Crippen molar-refractivity contribution in [3.05, 3.63) is 18.1 Å². The van der Waals surface area contributed by atoms with E-state index in [0.29, 0.717) is 17.6 Å². The first-order chi connectivity index (χ1) is 8.70. The third-order valence-corrected chi connectivity index (χ3v) is 3.42. The molecule has 1 aromatic heterocycles. The fourth-order valence-electron chi connectivity index (χ4n) is 2.28. The van der Waals surface area contributed by atoms with E-state index in [4.69, 9.17) is 18.0 Å². The molecule has 1 atom stereocenters. The van der Waals surface area contributed by atoms with E-state index in [1.807, 2.05) is 0 Å². The van der Waals surface area contributed by atoms with Gasteiger partial charge >= 0.3 is 0 Å². The predicted octanol–water partition coefficient (Wildman–Crippen LogP) is 1.01. The first-order valence-electron chi connectivity index (χ1n) is 6.30. The number of piperidine rings is 1. The van der Waals surface area contributed by atoms with Crippen molar-refractivity contribution < 1.29 is 0 Å². The molecule has 5 nitrogen and oxygen atoms in total. The van der Waals surface area contributed by atoms with E-state index >= 15 is 0 Å². The molecule has 0 aromatic carbocycles. The average molecular weight is 265 g/mol. The second-order valence-electron chi connectivity index (χ2n) is 4.49. The molecule has 1 unspecified atom stereocenters. The van der Waals surface area contributed by atoms with Crippen LogP contribution in [0.5, 0.6) is 0 Å². The van der Waals surface area contributed by atoms with Crippen LogP contribution in [0.15, 0.2) is 12.4 Å². The highest BCUT2D eigenvalue weighted by Crippen LogP contribution is 2.16. The zero-order chi connectivity index (χ0) is 13.0. The van der Waals surface area contributed by atoms with Gasteiger partial charge in [0.15, 0.2) is 5.82 Å². The van der Waals surface area contributed by atoms with Gasteiger partial charge in [-0.15, -0.1) is 0 Å². The Morgan fingerprint density at radius 2 is 2.33 bits per heavy atom. The van der Waals surface area contributed by atoms with Gasteiger partial charge in [-0.2, -0.15) is 0 Å². The number of hydrogen-bond donors (Lipinski definition) is 2. The molecule has 1 fully saturated rings. The van der Waals surface area contributed by atoms with Crippen LogP contribution in [0.4, 0.5) is 5.82 Å². The maximum Gasteiger partial charge on any atom is 0.155 e. The molecule has 0 amide bonds. The Kier molecular flexibility index (Phi) is 4.43. The van der Waals surface area contributed by atoms with Crippen LogP contribution in [0.3, 0.4) is 0 Å². The van der Waals surface area contributed by atoms with E-state index in [0.717, 1.165) is 19.5 Å². The summed E-state index contributed by atoms with van der Waals surface area (Å²) in [7, 11) is 0. The lowest BCUT2D eigenvalue weighted by Gasteiger charge is -2.32. The van der Waals surface area contributed by atoms with Crippen LogP contribution >= 0.6 is 12.2 Å². The van der Waals surface area contributed by atoms with Gasteiger partial charge in [-0.1, -0.05) is 19.1 Å².